The SMILES string of the molecule is C=C(C)[C@H](COCC[Si](C)(C)C)C1CCCCC1. The van der Waals surface area contributed by atoms with Crippen LogP contribution in [0.2, 0.25) is 25.7 Å². The fourth-order valence-corrected chi connectivity index (χ4v) is 3.56. The highest BCUT2D eigenvalue weighted by molar-refractivity contribution is 6.76. The topological polar surface area (TPSA) is 9.23 Å². The van der Waals surface area contributed by atoms with E-state index in [4.69, 9.17) is 4.74 Å². The molecule has 0 unspecified atom stereocenters. The van der Waals surface area contributed by atoms with Gasteiger partial charge in [-0.25, -0.2) is 0 Å². The van der Waals surface area contributed by atoms with E-state index in [-0.39, 0.29) is 0 Å². The van der Waals surface area contributed by atoms with Crippen LogP contribution in [0.5, 0.6) is 0 Å². The van der Waals surface area contributed by atoms with Crippen molar-refractivity contribution in [1.29, 1.82) is 0 Å². The van der Waals surface area contributed by atoms with Crippen molar-refractivity contribution in [3.63, 3.8) is 0 Å². The zero-order valence-corrected chi connectivity index (χ0v) is 13.9. The summed E-state index contributed by atoms with van der Waals surface area (Å²) in [5.41, 5.74) is 1.33. The molecular formula is C16H32OSi. The minimum atomic E-state index is -0.943. The third-order valence-electron chi connectivity index (χ3n) is 4.15. The molecule has 1 atom stereocenters. The van der Waals surface area contributed by atoms with Crippen molar-refractivity contribution in [2.75, 3.05) is 13.2 Å². The zero-order valence-electron chi connectivity index (χ0n) is 12.9. The highest BCUT2D eigenvalue weighted by atomic mass is 28.3. The van der Waals surface area contributed by atoms with Gasteiger partial charge in [-0.1, -0.05) is 51.1 Å². The summed E-state index contributed by atoms with van der Waals surface area (Å²) in [7, 11) is -0.943. The molecule has 1 saturated carbocycles. The Balaban J connectivity index is 2.32. The molecule has 0 N–H and O–H groups in total. The van der Waals surface area contributed by atoms with Gasteiger partial charge in [0.2, 0.25) is 0 Å². The first-order valence-corrected chi connectivity index (χ1v) is 11.3. The molecule has 0 saturated heterocycles. The Hall–Kier alpha value is -0.0831. The second-order valence-corrected chi connectivity index (χ2v) is 12.9. The summed E-state index contributed by atoms with van der Waals surface area (Å²) in [4.78, 5) is 0. The maximum Gasteiger partial charge on any atom is 0.0533 e. The van der Waals surface area contributed by atoms with Gasteiger partial charge in [-0.15, -0.1) is 0 Å². The Morgan fingerprint density at radius 2 is 1.83 bits per heavy atom. The van der Waals surface area contributed by atoms with Crippen molar-refractivity contribution >= 4 is 8.07 Å². The van der Waals surface area contributed by atoms with Crippen molar-refractivity contribution in [3.8, 4) is 0 Å². The fourth-order valence-electron chi connectivity index (χ4n) is 2.81. The third kappa shape index (κ3) is 6.19. The summed E-state index contributed by atoms with van der Waals surface area (Å²) in [5, 5.41) is 0. The highest BCUT2D eigenvalue weighted by Gasteiger charge is 2.24. The Kier molecular flexibility index (Phi) is 6.65. The second kappa shape index (κ2) is 7.49. The lowest BCUT2D eigenvalue weighted by Gasteiger charge is -2.30. The van der Waals surface area contributed by atoms with Crippen LogP contribution in [0.1, 0.15) is 39.0 Å². The van der Waals surface area contributed by atoms with Gasteiger partial charge >= 0.3 is 0 Å². The maximum absolute atomic E-state index is 5.96. The van der Waals surface area contributed by atoms with Gasteiger partial charge in [-0.2, -0.15) is 0 Å². The average Bonchev–Trinajstić information content (AvgIpc) is 2.28. The van der Waals surface area contributed by atoms with Crippen LogP contribution < -0.4 is 0 Å². The molecule has 0 radical (unpaired) electrons. The van der Waals surface area contributed by atoms with Gasteiger partial charge in [0.25, 0.3) is 0 Å². The van der Waals surface area contributed by atoms with Gasteiger partial charge in [0.1, 0.15) is 0 Å². The van der Waals surface area contributed by atoms with E-state index in [1.165, 1.54) is 43.7 Å². The molecule has 106 valence electrons. The molecule has 0 aliphatic heterocycles. The smallest absolute Gasteiger partial charge is 0.0533 e. The van der Waals surface area contributed by atoms with Crippen LogP contribution in [0, 0.1) is 11.8 Å². The lowest BCUT2D eigenvalue weighted by molar-refractivity contribution is 0.0895. The van der Waals surface area contributed by atoms with E-state index in [0.29, 0.717) is 5.92 Å². The molecular weight excluding hydrogens is 236 g/mol. The van der Waals surface area contributed by atoms with Crippen molar-refractivity contribution in [3.05, 3.63) is 12.2 Å². The first-order chi connectivity index (χ1) is 8.40. The normalized spacial score (nSPS) is 19.8. The van der Waals surface area contributed by atoms with Gasteiger partial charge in [0.05, 0.1) is 6.61 Å². The molecule has 2 heteroatoms. The molecule has 1 fully saturated rings. The predicted molar refractivity (Wildman–Crippen MR) is 83.9 cm³/mol. The van der Waals surface area contributed by atoms with Crippen LogP contribution in [0.4, 0.5) is 0 Å². The van der Waals surface area contributed by atoms with Gasteiger partial charge < -0.3 is 4.74 Å². The first-order valence-electron chi connectivity index (χ1n) is 7.63. The molecule has 0 bridgehead atoms. The van der Waals surface area contributed by atoms with Gasteiger partial charge in [0, 0.05) is 20.6 Å². The van der Waals surface area contributed by atoms with Crippen molar-refractivity contribution in [2.45, 2.75) is 64.7 Å². The average molecular weight is 269 g/mol. The highest BCUT2D eigenvalue weighted by Crippen LogP contribution is 2.33. The van der Waals surface area contributed by atoms with Crippen molar-refractivity contribution in [1.82, 2.24) is 0 Å². The molecule has 0 aromatic carbocycles. The predicted octanol–water partition coefficient (Wildman–Crippen LogP) is 5.11. The molecule has 1 nitrogen and oxygen atoms in total. The lowest BCUT2D eigenvalue weighted by atomic mass is 9.77. The minimum Gasteiger partial charge on any atom is -0.381 e. The van der Waals surface area contributed by atoms with Crippen LogP contribution in [-0.2, 0) is 4.74 Å². The maximum atomic E-state index is 5.96. The summed E-state index contributed by atoms with van der Waals surface area (Å²) in [6.45, 7) is 15.5. The molecule has 0 aromatic rings. The number of ether oxygens (including phenoxy) is 1. The number of hydrogen-bond acceptors (Lipinski definition) is 1. The Labute approximate surface area is 115 Å². The molecule has 0 amide bonds. The summed E-state index contributed by atoms with van der Waals surface area (Å²) >= 11 is 0. The van der Waals surface area contributed by atoms with E-state index < -0.39 is 8.07 Å². The standard InChI is InChI=1S/C16H32OSi/c1-14(2)16(15-9-7-6-8-10-15)13-17-11-12-18(3,4)5/h15-16H,1,6-13H2,2-5H3/t16-/m0/s1. The number of rotatable bonds is 7. The molecule has 1 aliphatic carbocycles. The molecule has 0 heterocycles. The Morgan fingerprint density at radius 1 is 1.22 bits per heavy atom. The molecule has 0 aromatic heterocycles. The minimum absolute atomic E-state index is 0.604. The molecule has 1 aliphatic rings. The number of hydrogen-bond donors (Lipinski definition) is 0. The first kappa shape index (κ1) is 16.0. The Bertz CT molecular complexity index is 248. The summed E-state index contributed by atoms with van der Waals surface area (Å²) in [6.07, 6.45) is 7.01. The van der Waals surface area contributed by atoms with Crippen molar-refractivity contribution in [2.24, 2.45) is 11.8 Å². The van der Waals surface area contributed by atoms with Crippen LogP contribution in [-0.4, -0.2) is 21.3 Å². The molecule has 1 rings (SSSR count). The van der Waals surface area contributed by atoms with E-state index >= 15 is 0 Å². The van der Waals surface area contributed by atoms with E-state index in [9.17, 15) is 0 Å². The molecule has 0 spiro atoms. The quantitative estimate of drug-likeness (QED) is 0.354. The van der Waals surface area contributed by atoms with E-state index in [1.54, 1.807) is 0 Å². The van der Waals surface area contributed by atoms with Crippen LogP contribution >= 0.6 is 0 Å². The lowest BCUT2D eigenvalue weighted by Crippen LogP contribution is -2.26. The van der Waals surface area contributed by atoms with Crippen molar-refractivity contribution < 1.29 is 4.74 Å². The largest absolute Gasteiger partial charge is 0.381 e. The van der Waals surface area contributed by atoms with E-state index in [0.717, 1.165) is 19.1 Å². The van der Waals surface area contributed by atoms with Crippen LogP contribution in [0.15, 0.2) is 12.2 Å². The fraction of sp³-hybridized carbons (Fsp3) is 0.875. The van der Waals surface area contributed by atoms with Gasteiger partial charge in [0.15, 0.2) is 0 Å². The zero-order chi connectivity index (χ0) is 13.6. The van der Waals surface area contributed by atoms with E-state index in [1.807, 2.05) is 0 Å². The van der Waals surface area contributed by atoms with Crippen LogP contribution in [0.25, 0.3) is 0 Å². The third-order valence-corrected chi connectivity index (χ3v) is 5.85. The molecule has 18 heavy (non-hydrogen) atoms. The second-order valence-electron chi connectivity index (χ2n) is 7.24. The summed E-state index contributed by atoms with van der Waals surface area (Å²) in [5.74, 6) is 1.44. The van der Waals surface area contributed by atoms with Gasteiger partial charge in [-0.05, 0) is 31.7 Å². The Morgan fingerprint density at radius 3 is 2.33 bits per heavy atom. The van der Waals surface area contributed by atoms with Crippen LogP contribution in [0.3, 0.4) is 0 Å². The van der Waals surface area contributed by atoms with Gasteiger partial charge in [-0.3, -0.25) is 0 Å². The summed E-state index contributed by atoms with van der Waals surface area (Å²) < 4.78 is 5.96. The monoisotopic (exact) mass is 268 g/mol. The van der Waals surface area contributed by atoms with E-state index in [2.05, 4.69) is 33.1 Å². The summed E-state index contributed by atoms with van der Waals surface area (Å²) in [6, 6.07) is 1.28.